The molecule has 0 saturated carbocycles. The van der Waals surface area contributed by atoms with Crippen LogP contribution in [0.4, 0.5) is 11.4 Å². The van der Waals surface area contributed by atoms with Crippen LogP contribution in [0.3, 0.4) is 0 Å². The van der Waals surface area contributed by atoms with E-state index in [1.54, 1.807) is 74.9 Å². The van der Waals surface area contributed by atoms with E-state index in [2.05, 4.69) is 62.6 Å². The third-order valence-corrected chi connectivity index (χ3v) is 12.7. The molecule has 0 aromatic heterocycles. The number of ether oxygens (including phenoxy) is 6. The number of amides is 2. The molecule has 0 radical (unpaired) electrons. The van der Waals surface area contributed by atoms with Gasteiger partial charge in [0.25, 0.3) is 11.8 Å². The van der Waals surface area contributed by atoms with Crippen LogP contribution in [-0.2, 0) is 30.3 Å². The van der Waals surface area contributed by atoms with Crippen molar-refractivity contribution in [1.29, 1.82) is 0 Å². The van der Waals surface area contributed by atoms with Gasteiger partial charge in [0.05, 0.1) is 36.7 Å². The van der Waals surface area contributed by atoms with Crippen molar-refractivity contribution in [2.24, 2.45) is 0 Å². The Kier molecular flexibility index (Phi) is 13.7. The fraction of sp³-hybridized carbons (Fsp3) is 0.370. The summed E-state index contributed by atoms with van der Waals surface area (Å²) in [6.07, 6.45) is 13.5. The van der Waals surface area contributed by atoms with Crippen LogP contribution in [-0.4, -0.2) is 73.9 Å². The number of methoxy groups -OCH3 is 4. The normalized spacial score (nSPS) is 25.4. The first-order chi connectivity index (χ1) is 31.4. The molecule has 4 N–H and O–H groups in total. The molecule has 4 aromatic carbocycles. The Balaban J connectivity index is 0.000000196. The molecule has 2 amide bonds. The number of hydrogen-bond acceptors (Lipinski definition) is 10. The van der Waals surface area contributed by atoms with E-state index in [-0.39, 0.29) is 0 Å². The molecule has 4 aliphatic rings. The second kappa shape index (κ2) is 19.0. The molecule has 4 aliphatic heterocycles. The van der Waals surface area contributed by atoms with Crippen molar-refractivity contribution in [2.45, 2.75) is 102 Å². The van der Waals surface area contributed by atoms with Gasteiger partial charge in [-0.15, -0.1) is 0 Å². The minimum Gasteiger partial charge on any atom is -0.497 e. The molecular formula is C54H62N2O10. The largest absolute Gasteiger partial charge is 0.497 e. The number of carbonyl (C=O) groups is 2. The molecule has 6 atom stereocenters. The summed E-state index contributed by atoms with van der Waals surface area (Å²) in [7, 11) is 6.00. The predicted octanol–water partition coefficient (Wildman–Crippen LogP) is 9.62. The zero-order valence-corrected chi connectivity index (χ0v) is 39.5. The second-order valence-corrected chi connectivity index (χ2v) is 18.1. The maximum Gasteiger partial charge on any atom is 0.257 e. The zero-order chi connectivity index (χ0) is 47.6. The zero-order valence-electron chi connectivity index (χ0n) is 39.5. The van der Waals surface area contributed by atoms with Gasteiger partial charge in [-0.1, -0.05) is 59.7 Å². The van der Waals surface area contributed by atoms with E-state index in [0.717, 1.165) is 36.8 Å². The van der Waals surface area contributed by atoms with E-state index < -0.39 is 46.4 Å². The molecule has 12 heteroatoms. The van der Waals surface area contributed by atoms with E-state index in [1.165, 1.54) is 25.4 Å². The summed E-state index contributed by atoms with van der Waals surface area (Å²) in [5.41, 5.74) is 2.62. The highest BCUT2D eigenvalue weighted by atomic mass is 16.5. The van der Waals surface area contributed by atoms with Crippen molar-refractivity contribution in [3.8, 4) is 23.0 Å². The van der Waals surface area contributed by atoms with Crippen LogP contribution in [0.1, 0.15) is 101 Å². The molecule has 0 aliphatic carbocycles. The SMILES string of the molecule is COc1ccc([C@@]2(O)c3c(ccc4c3O[C@@](C)(CCC=C(C)C)C=C4)NC(=O)[C@@H]2OC)cc1.COc1ccc([C@@]2(O)c3c(ccc4c3O[C@](C)(CCC=C(C)C)C=C4)NC(=O)[C@@H]2OC)cc1. The summed E-state index contributed by atoms with van der Waals surface area (Å²) in [4.78, 5) is 25.8. The second-order valence-electron chi connectivity index (χ2n) is 18.1. The summed E-state index contributed by atoms with van der Waals surface area (Å²) in [5, 5.41) is 30.2. The third kappa shape index (κ3) is 9.02. The van der Waals surface area contributed by atoms with Gasteiger partial charge in [0, 0.05) is 25.3 Å². The van der Waals surface area contributed by atoms with Crippen LogP contribution in [0.15, 0.2) is 108 Å². The molecule has 0 fully saturated rings. The Bertz CT molecular complexity index is 2410. The Morgan fingerprint density at radius 2 is 0.955 bits per heavy atom. The Morgan fingerprint density at radius 1 is 0.591 bits per heavy atom. The predicted molar refractivity (Wildman–Crippen MR) is 257 cm³/mol. The number of hydrogen-bond donors (Lipinski definition) is 4. The highest BCUT2D eigenvalue weighted by Gasteiger charge is 2.54. The topological polar surface area (TPSA) is 154 Å². The summed E-state index contributed by atoms with van der Waals surface area (Å²) in [5.74, 6) is 1.57. The standard InChI is InChI=1S/2C27H31NO5/c2*1-17(2)7-6-15-26(3)16-14-18-8-13-21-22(23(18)33-26)27(30,24(32-5)25(29)28-21)19-9-11-20(31-4)12-10-19/h2*7-14,16,24,30H,6,15H2,1-5H3,(H,28,29)/t24-,26+,27+;24-,26-,27+/m00/s1. The molecule has 0 saturated heterocycles. The van der Waals surface area contributed by atoms with Gasteiger partial charge in [-0.05, 0) is 139 Å². The Morgan fingerprint density at radius 3 is 1.27 bits per heavy atom. The number of benzene rings is 4. The van der Waals surface area contributed by atoms with Crippen molar-refractivity contribution in [3.63, 3.8) is 0 Å². The van der Waals surface area contributed by atoms with Gasteiger partial charge in [-0.25, -0.2) is 0 Å². The van der Waals surface area contributed by atoms with Gasteiger partial charge in [0.1, 0.15) is 34.2 Å². The molecule has 12 nitrogen and oxygen atoms in total. The summed E-state index contributed by atoms with van der Waals surface area (Å²) >= 11 is 0. The number of allylic oxidation sites excluding steroid dienone is 4. The fourth-order valence-electron chi connectivity index (χ4n) is 9.15. The van der Waals surface area contributed by atoms with Gasteiger partial charge in [0.15, 0.2) is 23.4 Å². The van der Waals surface area contributed by atoms with E-state index >= 15 is 0 Å². The summed E-state index contributed by atoms with van der Waals surface area (Å²) < 4.78 is 34.8. The number of anilines is 2. The number of nitrogens with one attached hydrogen (secondary N) is 2. The highest BCUT2D eigenvalue weighted by molar-refractivity contribution is 6.02. The lowest BCUT2D eigenvalue weighted by Gasteiger charge is -2.43. The van der Waals surface area contributed by atoms with Crippen molar-refractivity contribution >= 4 is 35.3 Å². The Hall–Kier alpha value is -6.18. The fourth-order valence-corrected chi connectivity index (χ4v) is 9.15. The lowest BCUT2D eigenvalue weighted by molar-refractivity contribution is -0.143. The molecule has 4 aromatic rings. The first-order valence-corrected chi connectivity index (χ1v) is 22.2. The van der Waals surface area contributed by atoms with E-state index in [4.69, 9.17) is 28.4 Å². The van der Waals surface area contributed by atoms with Crippen LogP contribution in [0.25, 0.3) is 12.2 Å². The molecule has 8 rings (SSSR count). The van der Waals surface area contributed by atoms with Crippen LogP contribution >= 0.6 is 0 Å². The van der Waals surface area contributed by atoms with Gasteiger partial charge in [-0.2, -0.15) is 0 Å². The molecule has 0 bridgehead atoms. The van der Waals surface area contributed by atoms with Crippen molar-refractivity contribution in [1.82, 2.24) is 0 Å². The quantitative estimate of drug-likeness (QED) is 0.101. The minimum absolute atomic E-state index is 0.416. The van der Waals surface area contributed by atoms with Crippen molar-refractivity contribution in [2.75, 3.05) is 39.1 Å². The van der Waals surface area contributed by atoms with Gasteiger partial charge >= 0.3 is 0 Å². The summed E-state index contributed by atoms with van der Waals surface area (Å²) in [6, 6.07) is 21.4. The maximum atomic E-state index is 12.9. The monoisotopic (exact) mass is 898 g/mol. The van der Waals surface area contributed by atoms with Crippen LogP contribution in [0.5, 0.6) is 23.0 Å². The number of aliphatic hydroxyl groups is 2. The minimum atomic E-state index is -1.75. The molecule has 348 valence electrons. The molecule has 66 heavy (non-hydrogen) atoms. The first-order valence-electron chi connectivity index (χ1n) is 22.2. The number of carbonyl (C=O) groups excluding carboxylic acids is 2. The molecule has 0 spiro atoms. The van der Waals surface area contributed by atoms with Crippen LogP contribution in [0, 0.1) is 0 Å². The number of fused-ring (bicyclic) bond motifs is 6. The molecular weight excluding hydrogens is 837 g/mol. The average Bonchev–Trinajstić information content (AvgIpc) is 3.28. The highest BCUT2D eigenvalue weighted by Crippen LogP contribution is 2.52. The van der Waals surface area contributed by atoms with Gasteiger partial charge in [-0.3, -0.25) is 9.59 Å². The average molecular weight is 899 g/mol. The number of rotatable bonds is 12. The Labute approximate surface area is 387 Å². The summed E-state index contributed by atoms with van der Waals surface area (Å²) in [6.45, 7) is 12.4. The first kappa shape index (κ1) is 47.8. The van der Waals surface area contributed by atoms with E-state index in [9.17, 15) is 19.8 Å². The van der Waals surface area contributed by atoms with Crippen LogP contribution < -0.4 is 29.6 Å². The van der Waals surface area contributed by atoms with Gasteiger partial charge < -0.3 is 49.3 Å². The van der Waals surface area contributed by atoms with Crippen molar-refractivity contribution < 1.29 is 48.2 Å². The lowest BCUT2D eigenvalue weighted by Crippen LogP contribution is -2.53. The maximum absolute atomic E-state index is 12.9. The van der Waals surface area contributed by atoms with Gasteiger partial charge in [0.2, 0.25) is 0 Å². The van der Waals surface area contributed by atoms with E-state index in [0.29, 0.717) is 56.6 Å². The smallest absolute Gasteiger partial charge is 0.257 e. The lowest BCUT2D eigenvalue weighted by atomic mass is 9.76. The van der Waals surface area contributed by atoms with E-state index in [1.807, 2.05) is 38.1 Å². The molecule has 4 heterocycles. The molecule has 0 unspecified atom stereocenters. The van der Waals surface area contributed by atoms with Crippen LogP contribution in [0.2, 0.25) is 0 Å². The third-order valence-electron chi connectivity index (χ3n) is 12.7. The van der Waals surface area contributed by atoms with Crippen molar-refractivity contribution in [3.05, 3.63) is 142 Å².